The molecular formula is C24H24N2O4. The number of fused-ring (bicyclic) bond motifs is 1. The van der Waals surface area contributed by atoms with Crippen LogP contribution < -0.4 is 24.8 Å². The topological polar surface area (TPSA) is 68.8 Å². The van der Waals surface area contributed by atoms with Crippen molar-refractivity contribution in [3.8, 4) is 17.2 Å². The van der Waals surface area contributed by atoms with Crippen molar-refractivity contribution in [1.29, 1.82) is 0 Å². The molecule has 1 amide bonds. The van der Waals surface area contributed by atoms with Gasteiger partial charge in [0, 0.05) is 29.4 Å². The second-order valence-corrected chi connectivity index (χ2v) is 7.11. The van der Waals surface area contributed by atoms with E-state index in [1.807, 2.05) is 43.3 Å². The second-order valence-electron chi connectivity index (χ2n) is 7.11. The van der Waals surface area contributed by atoms with Crippen LogP contribution >= 0.6 is 0 Å². The molecule has 30 heavy (non-hydrogen) atoms. The van der Waals surface area contributed by atoms with Gasteiger partial charge in [0.2, 0.25) is 12.7 Å². The minimum atomic E-state index is -0.437. The summed E-state index contributed by atoms with van der Waals surface area (Å²) in [7, 11) is 1.67. The third-order valence-electron chi connectivity index (χ3n) is 4.93. The van der Waals surface area contributed by atoms with Gasteiger partial charge in [-0.3, -0.25) is 4.79 Å². The summed E-state index contributed by atoms with van der Waals surface area (Å²) >= 11 is 0. The fraction of sp³-hybridized carbons (Fsp3) is 0.208. The van der Waals surface area contributed by atoms with Crippen LogP contribution in [0, 0.1) is 0 Å². The van der Waals surface area contributed by atoms with Gasteiger partial charge in [-0.1, -0.05) is 30.3 Å². The Kier molecular flexibility index (Phi) is 5.75. The molecule has 0 saturated carbocycles. The highest BCUT2D eigenvalue weighted by Crippen LogP contribution is 2.34. The van der Waals surface area contributed by atoms with Gasteiger partial charge in [-0.25, -0.2) is 0 Å². The number of anilines is 2. The molecule has 154 valence electrons. The van der Waals surface area contributed by atoms with Crippen LogP contribution in [0.5, 0.6) is 17.2 Å². The molecule has 0 bridgehead atoms. The van der Waals surface area contributed by atoms with E-state index in [0.717, 1.165) is 23.4 Å². The molecular weight excluding hydrogens is 380 g/mol. The number of carbonyl (C=O) groups excluding carboxylic acids is 1. The summed E-state index contributed by atoms with van der Waals surface area (Å²) in [5.74, 6) is 1.99. The minimum Gasteiger partial charge on any atom is -0.496 e. The summed E-state index contributed by atoms with van der Waals surface area (Å²) in [6, 6.07) is 21.0. The zero-order valence-electron chi connectivity index (χ0n) is 17.0. The maximum Gasteiger partial charge on any atom is 0.246 e. The predicted octanol–water partition coefficient (Wildman–Crippen LogP) is 4.45. The Labute approximate surface area is 175 Å². The second kappa shape index (κ2) is 8.78. The van der Waals surface area contributed by atoms with E-state index in [1.165, 1.54) is 5.56 Å². The van der Waals surface area contributed by atoms with E-state index in [-0.39, 0.29) is 12.7 Å². The summed E-state index contributed by atoms with van der Waals surface area (Å²) in [4.78, 5) is 12.6. The molecule has 0 fully saturated rings. The van der Waals surface area contributed by atoms with E-state index in [2.05, 4.69) is 22.8 Å². The quantitative estimate of drug-likeness (QED) is 0.609. The monoisotopic (exact) mass is 404 g/mol. The maximum atomic E-state index is 12.6. The number of ether oxygens (including phenoxy) is 3. The Morgan fingerprint density at radius 3 is 2.57 bits per heavy atom. The average molecular weight is 404 g/mol. The zero-order chi connectivity index (χ0) is 20.9. The van der Waals surface area contributed by atoms with Crippen LogP contribution in [0.2, 0.25) is 0 Å². The Bertz CT molecular complexity index is 1040. The van der Waals surface area contributed by atoms with Gasteiger partial charge in [-0.2, -0.15) is 0 Å². The molecule has 3 aromatic carbocycles. The number of rotatable bonds is 7. The molecule has 0 saturated heterocycles. The molecule has 1 atom stereocenters. The van der Waals surface area contributed by atoms with Crippen LogP contribution in [0.15, 0.2) is 66.7 Å². The number of amides is 1. The molecule has 0 aliphatic carbocycles. The third-order valence-corrected chi connectivity index (χ3v) is 4.93. The normalized spacial score (nSPS) is 12.9. The lowest BCUT2D eigenvalue weighted by atomic mass is 10.0. The molecule has 6 heteroatoms. The molecule has 0 radical (unpaired) electrons. The van der Waals surface area contributed by atoms with Crippen LogP contribution in [0.3, 0.4) is 0 Å². The van der Waals surface area contributed by atoms with Crippen molar-refractivity contribution in [2.45, 2.75) is 19.4 Å². The molecule has 6 nitrogen and oxygen atoms in total. The number of carbonyl (C=O) groups is 1. The number of nitrogens with one attached hydrogen (secondary N) is 2. The molecule has 0 aromatic heterocycles. The lowest BCUT2D eigenvalue weighted by Crippen LogP contribution is -2.31. The first-order chi connectivity index (χ1) is 14.6. The Morgan fingerprint density at radius 2 is 1.77 bits per heavy atom. The van der Waals surface area contributed by atoms with Crippen molar-refractivity contribution in [2.75, 3.05) is 24.5 Å². The van der Waals surface area contributed by atoms with Gasteiger partial charge in [0.1, 0.15) is 11.8 Å². The van der Waals surface area contributed by atoms with E-state index in [4.69, 9.17) is 14.2 Å². The van der Waals surface area contributed by atoms with E-state index < -0.39 is 6.04 Å². The van der Waals surface area contributed by atoms with Gasteiger partial charge in [0.05, 0.1) is 7.11 Å². The SMILES string of the molecule is COc1ccc(NC(C)C(=O)Nc2ccc3c(c2)OCO3)cc1Cc1ccccc1. The van der Waals surface area contributed by atoms with Gasteiger partial charge < -0.3 is 24.8 Å². The number of hydrogen-bond acceptors (Lipinski definition) is 5. The number of benzene rings is 3. The highest BCUT2D eigenvalue weighted by atomic mass is 16.7. The molecule has 1 aliphatic heterocycles. The smallest absolute Gasteiger partial charge is 0.246 e. The van der Waals surface area contributed by atoms with Gasteiger partial charge in [0.15, 0.2) is 11.5 Å². The molecule has 1 unspecified atom stereocenters. The maximum absolute atomic E-state index is 12.6. The zero-order valence-corrected chi connectivity index (χ0v) is 17.0. The van der Waals surface area contributed by atoms with E-state index >= 15 is 0 Å². The summed E-state index contributed by atoms with van der Waals surface area (Å²) in [5, 5.41) is 6.18. The molecule has 1 heterocycles. The van der Waals surface area contributed by atoms with Crippen molar-refractivity contribution in [3.05, 3.63) is 77.9 Å². The summed E-state index contributed by atoms with van der Waals surface area (Å²) in [6.07, 6.45) is 0.747. The Morgan fingerprint density at radius 1 is 1.00 bits per heavy atom. The number of methoxy groups -OCH3 is 1. The molecule has 4 rings (SSSR count). The van der Waals surface area contributed by atoms with Gasteiger partial charge in [0.25, 0.3) is 0 Å². The molecule has 3 aromatic rings. The average Bonchev–Trinajstić information content (AvgIpc) is 3.22. The lowest BCUT2D eigenvalue weighted by Gasteiger charge is -2.17. The van der Waals surface area contributed by atoms with Crippen LogP contribution in [0.1, 0.15) is 18.1 Å². The minimum absolute atomic E-state index is 0.144. The van der Waals surface area contributed by atoms with Crippen molar-refractivity contribution in [3.63, 3.8) is 0 Å². The highest BCUT2D eigenvalue weighted by molar-refractivity contribution is 5.96. The predicted molar refractivity (Wildman–Crippen MR) is 117 cm³/mol. The highest BCUT2D eigenvalue weighted by Gasteiger charge is 2.17. The van der Waals surface area contributed by atoms with Crippen LogP contribution in [-0.2, 0) is 11.2 Å². The van der Waals surface area contributed by atoms with E-state index in [0.29, 0.717) is 17.2 Å². The summed E-state index contributed by atoms with van der Waals surface area (Å²) in [5.41, 5.74) is 3.77. The first kappa shape index (κ1) is 19.6. The molecule has 1 aliphatic rings. The molecule has 2 N–H and O–H groups in total. The van der Waals surface area contributed by atoms with Crippen LogP contribution in [0.25, 0.3) is 0 Å². The Balaban J connectivity index is 1.43. The fourth-order valence-electron chi connectivity index (χ4n) is 3.36. The van der Waals surface area contributed by atoms with Crippen molar-refractivity contribution in [1.82, 2.24) is 0 Å². The van der Waals surface area contributed by atoms with Crippen LogP contribution in [0.4, 0.5) is 11.4 Å². The van der Waals surface area contributed by atoms with Gasteiger partial charge in [-0.05, 0) is 42.8 Å². The lowest BCUT2D eigenvalue weighted by molar-refractivity contribution is -0.116. The molecule has 0 spiro atoms. The third kappa shape index (κ3) is 4.49. The summed E-state index contributed by atoms with van der Waals surface area (Å²) in [6.45, 7) is 2.02. The largest absolute Gasteiger partial charge is 0.496 e. The van der Waals surface area contributed by atoms with Crippen molar-refractivity contribution in [2.24, 2.45) is 0 Å². The standard InChI is InChI=1S/C24H24N2O4/c1-16(24(27)26-20-9-11-22-23(14-20)30-15-29-22)25-19-8-10-21(28-2)18(13-19)12-17-6-4-3-5-7-17/h3-11,13-14,16,25H,12,15H2,1-2H3,(H,26,27). The van der Waals surface area contributed by atoms with Crippen molar-refractivity contribution < 1.29 is 19.0 Å². The first-order valence-electron chi connectivity index (χ1n) is 9.80. The van der Waals surface area contributed by atoms with E-state index in [9.17, 15) is 4.79 Å². The first-order valence-corrected chi connectivity index (χ1v) is 9.80. The Hall–Kier alpha value is -3.67. The van der Waals surface area contributed by atoms with E-state index in [1.54, 1.807) is 25.3 Å². The number of hydrogen-bond donors (Lipinski definition) is 2. The summed E-state index contributed by atoms with van der Waals surface area (Å²) < 4.78 is 16.2. The van der Waals surface area contributed by atoms with Crippen molar-refractivity contribution >= 4 is 17.3 Å². The van der Waals surface area contributed by atoms with Crippen LogP contribution in [-0.4, -0.2) is 25.9 Å². The van der Waals surface area contributed by atoms with Gasteiger partial charge >= 0.3 is 0 Å². The fourth-order valence-corrected chi connectivity index (χ4v) is 3.36. The van der Waals surface area contributed by atoms with Gasteiger partial charge in [-0.15, -0.1) is 0 Å².